The highest BCUT2D eigenvalue weighted by molar-refractivity contribution is 6.30. The molecule has 0 aromatic heterocycles. The summed E-state index contributed by atoms with van der Waals surface area (Å²) >= 11 is 6.31. The largest absolute Gasteiger partial charge is 0.468 e. The third kappa shape index (κ3) is 5.38. The lowest BCUT2D eigenvalue weighted by molar-refractivity contribution is -0.150. The number of carbonyl (C=O) groups excluding carboxylic acids is 3. The number of carbonyl (C=O) groups is 3. The smallest absolute Gasteiger partial charge is 0.416 e. The van der Waals surface area contributed by atoms with E-state index in [0.29, 0.717) is 16.1 Å². The van der Waals surface area contributed by atoms with Gasteiger partial charge in [-0.3, -0.25) is 14.5 Å². The zero-order chi connectivity index (χ0) is 31.1. The number of hydrogen-bond acceptors (Lipinski definition) is 7. The summed E-state index contributed by atoms with van der Waals surface area (Å²) in [6.45, 7) is 0. The Labute approximate surface area is 250 Å². The van der Waals surface area contributed by atoms with Crippen LogP contribution in [-0.4, -0.2) is 31.9 Å². The first-order valence-electron chi connectivity index (χ1n) is 13.2. The minimum Gasteiger partial charge on any atom is -0.468 e. The van der Waals surface area contributed by atoms with Crippen molar-refractivity contribution in [2.75, 3.05) is 19.1 Å². The Balaban J connectivity index is 1.85. The summed E-state index contributed by atoms with van der Waals surface area (Å²) in [5.74, 6) is -5.76. The van der Waals surface area contributed by atoms with E-state index in [1.165, 1.54) is 24.1 Å². The fourth-order valence-corrected chi connectivity index (χ4v) is 6.08. The van der Waals surface area contributed by atoms with Gasteiger partial charge in [0, 0.05) is 27.9 Å². The van der Waals surface area contributed by atoms with E-state index in [4.69, 9.17) is 26.8 Å². The highest BCUT2D eigenvalue weighted by Crippen LogP contribution is 2.52. The van der Waals surface area contributed by atoms with Gasteiger partial charge >= 0.3 is 18.1 Å². The van der Waals surface area contributed by atoms with Crippen molar-refractivity contribution in [1.82, 2.24) is 0 Å². The van der Waals surface area contributed by atoms with Crippen molar-refractivity contribution in [3.05, 3.63) is 123 Å². The molecule has 43 heavy (non-hydrogen) atoms. The van der Waals surface area contributed by atoms with Gasteiger partial charge in [0.25, 0.3) is 0 Å². The number of esters is 2. The van der Waals surface area contributed by atoms with Crippen LogP contribution in [0, 0.1) is 5.92 Å². The molecule has 1 heterocycles. The third-order valence-corrected chi connectivity index (χ3v) is 7.98. The van der Waals surface area contributed by atoms with Crippen LogP contribution >= 0.6 is 11.6 Å². The molecule has 0 saturated heterocycles. The van der Waals surface area contributed by atoms with Crippen molar-refractivity contribution in [2.24, 2.45) is 11.7 Å². The Morgan fingerprint density at radius 2 is 1.60 bits per heavy atom. The number of halogens is 4. The Bertz CT molecular complexity index is 1670. The number of methoxy groups -OCH3 is 2. The lowest BCUT2D eigenvalue weighted by Gasteiger charge is -2.44. The standard InChI is InChI=1S/C32H26ClF3N2O5/c1-42-30(40)25-22(17-8-4-3-5-9-17)16-23-26(28(25)39)24(18-10-6-12-20(33)14-18)27(31(41)43-2)29(37)38(23)21-13-7-11-19(15-21)32(34,35)36/h3-15,22,24-25H,16,37H2,1-2H3/t22-,24+,25+/m1/s1. The Morgan fingerprint density at radius 3 is 2.23 bits per heavy atom. The van der Waals surface area contributed by atoms with Gasteiger partial charge in [-0.25, -0.2) is 4.79 Å². The second kappa shape index (κ2) is 11.6. The molecular formula is C32H26ClF3N2O5. The van der Waals surface area contributed by atoms with Crippen LogP contribution in [0.3, 0.4) is 0 Å². The Hall–Kier alpha value is -4.57. The Morgan fingerprint density at radius 1 is 0.930 bits per heavy atom. The van der Waals surface area contributed by atoms with E-state index in [1.807, 2.05) is 0 Å². The van der Waals surface area contributed by atoms with Crippen molar-refractivity contribution >= 4 is 35.0 Å². The van der Waals surface area contributed by atoms with Gasteiger partial charge in [-0.05, 0) is 47.9 Å². The van der Waals surface area contributed by atoms with Crippen LogP contribution in [0.5, 0.6) is 0 Å². The first-order valence-corrected chi connectivity index (χ1v) is 13.6. The number of rotatable bonds is 5. The number of ketones is 1. The maximum absolute atomic E-state index is 14.6. The molecule has 3 atom stereocenters. The maximum Gasteiger partial charge on any atom is 0.416 e. The average Bonchev–Trinajstić information content (AvgIpc) is 2.99. The number of nitrogens with two attached hydrogens (primary N) is 1. The number of alkyl halides is 3. The van der Waals surface area contributed by atoms with Gasteiger partial charge in [-0.2, -0.15) is 13.2 Å². The first-order chi connectivity index (χ1) is 20.5. The summed E-state index contributed by atoms with van der Waals surface area (Å²) in [7, 11) is 2.30. The molecule has 1 aliphatic heterocycles. The van der Waals surface area contributed by atoms with Crippen molar-refractivity contribution < 1.29 is 37.0 Å². The molecule has 2 N–H and O–H groups in total. The summed E-state index contributed by atoms with van der Waals surface area (Å²) in [5.41, 5.74) is 6.80. The van der Waals surface area contributed by atoms with Crippen molar-refractivity contribution in [1.29, 1.82) is 0 Å². The molecule has 7 nitrogen and oxygen atoms in total. The monoisotopic (exact) mass is 610 g/mol. The molecule has 222 valence electrons. The first kappa shape index (κ1) is 29.9. The van der Waals surface area contributed by atoms with Crippen LogP contribution in [0.1, 0.15) is 34.9 Å². The number of allylic oxidation sites excluding steroid dienone is 2. The SMILES string of the molecule is COC(=O)C1=C(N)N(c2cccc(C(F)(F)F)c2)C2=C(C(=O)[C@@H](C(=O)OC)[C@@H](c3ccccc3)C2)[C@@H]1c1cccc(Cl)c1. The summed E-state index contributed by atoms with van der Waals surface area (Å²) in [4.78, 5) is 42.4. The molecule has 1 aliphatic carbocycles. The summed E-state index contributed by atoms with van der Waals surface area (Å²) in [5, 5.41) is 0.303. The quantitative estimate of drug-likeness (QED) is 0.275. The third-order valence-electron chi connectivity index (χ3n) is 7.74. The van der Waals surface area contributed by atoms with Crippen molar-refractivity contribution in [3.8, 4) is 0 Å². The van der Waals surface area contributed by atoms with Crippen LogP contribution < -0.4 is 10.6 Å². The second-order valence-electron chi connectivity index (χ2n) is 10.1. The fourth-order valence-electron chi connectivity index (χ4n) is 5.88. The zero-order valence-electron chi connectivity index (χ0n) is 23.0. The van der Waals surface area contributed by atoms with Crippen LogP contribution in [0.15, 0.2) is 102 Å². The molecule has 0 radical (unpaired) electrons. The molecule has 0 amide bonds. The normalized spacial score (nSPS) is 20.6. The molecule has 0 spiro atoms. The van der Waals surface area contributed by atoms with Gasteiger partial charge in [-0.1, -0.05) is 60.1 Å². The molecule has 0 bridgehead atoms. The van der Waals surface area contributed by atoms with Gasteiger partial charge in [0.15, 0.2) is 5.78 Å². The lowest BCUT2D eigenvalue weighted by Crippen LogP contribution is -2.46. The second-order valence-corrected chi connectivity index (χ2v) is 10.5. The van der Waals surface area contributed by atoms with E-state index in [1.54, 1.807) is 54.6 Å². The molecule has 3 aromatic rings. The van der Waals surface area contributed by atoms with Crippen LogP contribution in [0.25, 0.3) is 0 Å². The van der Waals surface area contributed by atoms with Gasteiger partial charge < -0.3 is 15.2 Å². The summed E-state index contributed by atoms with van der Waals surface area (Å²) in [6, 6.07) is 19.6. The number of benzene rings is 3. The van der Waals surface area contributed by atoms with E-state index in [0.717, 1.165) is 19.2 Å². The minimum atomic E-state index is -4.68. The minimum absolute atomic E-state index is 0.00726. The average molecular weight is 611 g/mol. The van der Waals surface area contributed by atoms with Gasteiger partial charge in [-0.15, -0.1) is 0 Å². The predicted octanol–water partition coefficient (Wildman–Crippen LogP) is 6.11. The molecule has 0 fully saturated rings. The van der Waals surface area contributed by atoms with Gasteiger partial charge in [0.05, 0.1) is 31.3 Å². The molecule has 11 heteroatoms. The molecule has 5 rings (SSSR count). The van der Waals surface area contributed by atoms with E-state index in [-0.39, 0.29) is 34.8 Å². The molecule has 3 aromatic carbocycles. The van der Waals surface area contributed by atoms with E-state index in [9.17, 15) is 27.6 Å². The van der Waals surface area contributed by atoms with Crippen LogP contribution in [0.4, 0.5) is 18.9 Å². The summed E-state index contributed by atoms with van der Waals surface area (Å²) in [6.07, 6.45) is -4.67. The Kier molecular flexibility index (Phi) is 8.07. The van der Waals surface area contributed by atoms with Crippen LogP contribution in [-0.2, 0) is 30.0 Å². The van der Waals surface area contributed by atoms with E-state index >= 15 is 0 Å². The van der Waals surface area contributed by atoms with E-state index in [2.05, 4.69) is 0 Å². The van der Waals surface area contributed by atoms with E-state index < -0.39 is 47.2 Å². The maximum atomic E-state index is 14.6. The lowest BCUT2D eigenvalue weighted by atomic mass is 9.67. The van der Waals surface area contributed by atoms with Gasteiger partial charge in [0.2, 0.25) is 0 Å². The molecule has 2 aliphatic rings. The molecular weight excluding hydrogens is 585 g/mol. The van der Waals surface area contributed by atoms with Gasteiger partial charge in [0.1, 0.15) is 11.7 Å². The topological polar surface area (TPSA) is 98.9 Å². The number of nitrogens with zero attached hydrogens (tertiary/aromatic N) is 1. The van der Waals surface area contributed by atoms with Crippen LogP contribution in [0.2, 0.25) is 5.02 Å². The summed E-state index contributed by atoms with van der Waals surface area (Å²) < 4.78 is 51.5. The fraction of sp³-hybridized carbons (Fsp3) is 0.219. The number of Topliss-reactive ketones (excluding diaryl/α,β-unsaturated/α-hetero) is 1. The highest BCUT2D eigenvalue weighted by Gasteiger charge is 2.51. The molecule has 0 saturated carbocycles. The highest BCUT2D eigenvalue weighted by atomic mass is 35.5. The zero-order valence-corrected chi connectivity index (χ0v) is 23.8. The van der Waals surface area contributed by atoms with Crippen molar-refractivity contribution in [2.45, 2.75) is 24.4 Å². The molecule has 0 unspecified atom stereocenters. The predicted molar refractivity (Wildman–Crippen MR) is 153 cm³/mol. The number of ether oxygens (including phenoxy) is 2. The number of anilines is 1. The number of hydrogen-bond donors (Lipinski definition) is 1. The van der Waals surface area contributed by atoms with Crippen molar-refractivity contribution in [3.63, 3.8) is 0 Å².